The van der Waals surface area contributed by atoms with Crippen molar-refractivity contribution >= 4 is 23.3 Å². The van der Waals surface area contributed by atoms with Crippen molar-refractivity contribution < 1.29 is 14.3 Å². The molecule has 1 aromatic carbocycles. The highest BCUT2D eigenvalue weighted by Gasteiger charge is 2.29. The van der Waals surface area contributed by atoms with Crippen LogP contribution in [0, 0.1) is 5.92 Å². The second-order valence-electron chi connectivity index (χ2n) is 4.71. The summed E-state index contributed by atoms with van der Waals surface area (Å²) < 4.78 is 4.84. The number of nitrogens with one attached hydrogen (secondary N) is 3. The van der Waals surface area contributed by atoms with Gasteiger partial charge in [-0.3, -0.25) is 4.79 Å². The molecule has 0 spiro atoms. The maximum absolute atomic E-state index is 11.6. The molecule has 0 aliphatic heterocycles. The summed E-state index contributed by atoms with van der Waals surface area (Å²) in [5.41, 5.74) is 1.41. The van der Waals surface area contributed by atoms with E-state index in [1.807, 2.05) is 0 Å². The molecule has 0 unspecified atom stereocenters. The minimum atomic E-state index is -0.281. The number of anilines is 2. The fraction of sp³-hybridized carbons (Fsp3) is 0.429. The lowest BCUT2D eigenvalue weighted by Crippen LogP contribution is -2.31. The molecule has 0 heterocycles. The second-order valence-corrected chi connectivity index (χ2v) is 4.71. The SMILES string of the molecule is COCCNC(=O)Nc1ccc(NC(=O)C2CC2)cc1. The highest BCUT2D eigenvalue weighted by atomic mass is 16.5. The molecule has 1 fully saturated rings. The summed E-state index contributed by atoms with van der Waals surface area (Å²) in [6.07, 6.45) is 1.96. The Bertz CT molecular complexity index is 469. The van der Waals surface area contributed by atoms with E-state index in [4.69, 9.17) is 4.74 Å². The number of ether oxygens (including phenoxy) is 1. The monoisotopic (exact) mass is 277 g/mol. The Hall–Kier alpha value is -2.08. The summed E-state index contributed by atoms with van der Waals surface area (Å²) >= 11 is 0. The normalized spacial score (nSPS) is 13.7. The lowest BCUT2D eigenvalue weighted by molar-refractivity contribution is -0.117. The van der Waals surface area contributed by atoms with Crippen LogP contribution < -0.4 is 16.0 Å². The lowest BCUT2D eigenvalue weighted by Gasteiger charge is -2.08. The first kappa shape index (κ1) is 14.3. The van der Waals surface area contributed by atoms with Gasteiger partial charge in [0.25, 0.3) is 0 Å². The van der Waals surface area contributed by atoms with Crippen molar-refractivity contribution in [3.8, 4) is 0 Å². The highest BCUT2D eigenvalue weighted by Crippen LogP contribution is 2.30. The van der Waals surface area contributed by atoms with Crippen LogP contribution in [0.25, 0.3) is 0 Å². The van der Waals surface area contributed by atoms with E-state index in [1.165, 1.54) is 0 Å². The molecular formula is C14H19N3O3. The molecule has 3 N–H and O–H groups in total. The van der Waals surface area contributed by atoms with Crippen LogP contribution in [0.2, 0.25) is 0 Å². The predicted molar refractivity (Wildman–Crippen MR) is 76.7 cm³/mol. The molecule has 3 amide bonds. The van der Waals surface area contributed by atoms with Crippen LogP contribution in [0.3, 0.4) is 0 Å². The molecule has 0 aromatic heterocycles. The minimum absolute atomic E-state index is 0.0722. The Balaban J connectivity index is 1.78. The van der Waals surface area contributed by atoms with Crippen molar-refractivity contribution in [2.45, 2.75) is 12.8 Å². The number of carbonyl (C=O) groups excluding carboxylic acids is 2. The van der Waals surface area contributed by atoms with Crippen molar-refractivity contribution in [1.82, 2.24) is 5.32 Å². The molecule has 6 heteroatoms. The van der Waals surface area contributed by atoms with E-state index in [0.29, 0.717) is 18.8 Å². The van der Waals surface area contributed by atoms with E-state index in [1.54, 1.807) is 31.4 Å². The summed E-state index contributed by atoms with van der Waals surface area (Å²) in [5.74, 6) is 0.252. The average molecular weight is 277 g/mol. The van der Waals surface area contributed by atoms with Gasteiger partial charge in [-0.2, -0.15) is 0 Å². The van der Waals surface area contributed by atoms with Gasteiger partial charge in [-0.05, 0) is 37.1 Å². The summed E-state index contributed by atoms with van der Waals surface area (Å²) in [4.78, 5) is 23.1. The molecule has 108 valence electrons. The van der Waals surface area contributed by atoms with Crippen LogP contribution in [0.4, 0.5) is 16.2 Å². The molecule has 2 rings (SSSR count). The van der Waals surface area contributed by atoms with Crippen LogP contribution >= 0.6 is 0 Å². The van der Waals surface area contributed by atoms with Gasteiger partial charge in [-0.25, -0.2) is 4.79 Å². The maximum atomic E-state index is 11.6. The Labute approximate surface area is 117 Å². The number of carbonyl (C=O) groups is 2. The van der Waals surface area contributed by atoms with Crippen LogP contribution in [-0.2, 0) is 9.53 Å². The van der Waals surface area contributed by atoms with Gasteiger partial charge >= 0.3 is 6.03 Å². The Morgan fingerprint density at radius 3 is 2.30 bits per heavy atom. The van der Waals surface area contributed by atoms with Crippen molar-refractivity contribution in [2.24, 2.45) is 5.92 Å². The number of urea groups is 1. The van der Waals surface area contributed by atoms with Gasteiger partial charge in [0, 0.05) is 30.9 Å². The quantitative estimate of drug-likeness (QED) is 0.694. The number of methoxy groups -OCH3 is 1. The first-order chi connectivity index (χ1) is 9.69. The van der Waals surface area contributed by atoms with Gasteiger partial charge in [-0.15, -0.1) is 0 Å². The zero-order chi connectivity index (χ0) is 14.4. The third-order valence-electron chi connectivity index (χ3n) is 2.95. The van der Waals surface area contributed by atoms with E-state index in [-0.39, 0.29) is 17.9 Å². The second kappa shape index (κ2) is 6.91. The van der Waals surface area contributed by atoms with E-state index < -0.39 is 0 Å². The summed E-state index contributed by atoms with van der Waals surface area (Å²) in [7, 11) is 1.58. The number of hydrogen-bond acceptors (Lipinski definition) is 3. The fourth-order valence-corrected chi connectivity index (χ4v) is 1.67. The first-order valence-electron chi connectivity index (χ1n) is 6.64. The third-order valence-corrected chi connectivity index (χ3v) is 2.95. The molecule has 1 aliphatic carbocycles. The summed E-state index contributed by atoms with van der Waals surface area (Å²) in [5, 5.41) is 8.20. The standard InChI is InChI=1S/C14H19N3O3/c1-20-9-8-15-14(19)17-12-6-4-11(5-7-12)16-13(18)10-2-3-10/h4-7,10H,2-3,8-9H2,1H3,(H,16,18)(H2,15,17,19). The molecule has 20 heavy (non-hydrogen) atoms. The Morgan fingerprint density at radius 2 is 1.75 bits per heavy atom. The van der Waals surface area contributed by atoms with Crippen LogP contribution in [-0.4, -0.2) is 32.2 Å². The van der Waals surface area contributed by atoms with Crippen molar-refractivity contribution in [3.63, 3.8) is 0 Å². The number of amides is 3. The van der Waals surface area contributed by atoms with Gasteiger partial charge in [-0.1, -0.05) is 0 Å². The van der Waals surface area contributed by atoms with E-state index in [9.17, 15) is 9.59 Å². The highest BCUT2D eigenvalue weighted by molar-refractivity contribution is 5.94. The molecule has 0 saturated heterocycles. The van der Waals surface area contributed by atoms with Gasteiger partial charge < -0.3 is 20.7 Å². The van der Waals surface area contributed by atoms with Crippen LogP contribution in [0.15, 0.2) is 24.3 Å². The smallest absolute Gasteiger partial charge is 0.319 e. The number of benzene rings is 1. The largest absolute Gasteiger partial charge is 0.383 e. The lowest BCUT2D eigenvalue weighted by atomic mass is 10.2. The molecule has 1 aliphatic rings. The molecular weight excluding hydrogens is 258 g/mol. The van der Waals surface area contributed by atoms with Gasteiger partial charge in [0.1, 0.15) is 0 Å². The molecule has 0 atom stereocenters. The van der Waals surface area contributed by atoms with Crippen molar-refractivity contribution in [3.05, 3.63) is 24.3 Å². The van der Waals surface area contributed by atoms with Crippen molar-refractivity contribution in [1.29, 1.82) is 0 Å². The van der Waals surface area contributed by atoms with Gasteiger partial charge in [0.2, 0.25) is 5.91 Å². The molecule has 6 nitrogen and oxygen atoms in total. The number of hydrogen-bond donors (Lipinski definition) is 3. The third kappa shape index (κ3) is 4.55. The maximum Gasteiger partial charge on any atom is 0.319 e. The van der Waals surface area contributed by atoms with E-state index >= 15 is 0 Å². The summed E-state index contributed by atoms with van der Waals surface area (Å²) in [6, 6.07) is 6.75. The van der Waals surface area contributed by atoms with E-state index in [2.05, 4.69) is 16.0 Å². The summed E-state index contributed by atoms with van der Waals surface area (Å²) in [6.45, 7) is 0.928. The predicted octanol–water partition coefficient (Wildman–Crippen LogP) is 1.80. The molecule has 0 radical (unpaired) electrons. The van der Waals surface area contributed by atoms with Gasteiger partial charge in [0.05, 0.1) is 6.61 Å². The Kier molecular flexibility index (Phi) is 4.95. The molecule has 1 saturated carbocycles. The molecule has 1 aromatic rings. The zero-order valence-electron chi connectivity index (χ0n) is 11.4. The zero-order valence-corrected chi connectivity index (χ0v) is 11.4. The topological polar surface area (TPSA) is 79.5 Å². The van der Waals surface area contributed by atoms with E-state index in [0.717, 1.165) is 18.5 Å². The minimum Gasteiger partial charge on any atom is -0.383 e. The first-order valence-corrected chi connectivity index (χ1v) is 6.64. The number of rotatable bonds is 6. The van der Waals surface area contributed by atoms with Crippen LogP contribution in [0.5, 0.6) is 0 Å². The van der Waals surface area contributed by atoms with Gasteiger partial charge in [0.15, 0.2) is 0 Å². The average Bonchev–Trinajstić information content (AvgIpc) is 3.26. The fourth-order valence-electron chi connectivity index (χ4n) is 1.67. The Morgan fingerprint density at radius 1 is 1.15 bits per heavy atom. The molecule has 0 bridgehead atoms. The van der Waals surface area contributed by atoms with Crippen molar-refractivity contribution in [2.75, 3.05) is 30.9 Å². The van der Waals surface area contributed by atoms with Crippen LogP contribution in [0.1, 0.15) is 12.8 Å².